The number of benzene rings is 5. The smallest absolute Gasteiger partial charge is 0.271 e. The summed E-state index contributed by atoms with van der Waals surface area (Å²) in [6, 6.07) is 47.0. The van der Waals surface area contributed by atoms with Gasteiger partial charge in [-0.1, -0.05) is 118 Å². The van der Waals surface area contributed by atoms with E-state index in [2.05, 4.69) is 68.3 Å². The average molecular weight is 792 g/mol. The van der Waals surface area contributed by atoms with Crippen LogP contribution in [0.4, 0.5) is 5.69 Å². The fourth-order valence-electron chi connectivity index (χ4n) is 6.91. The van der Waals surface area contributed by atoms with E-state index in [1.807, 2.05) is 123 Å². The molecule has 0 radical (unpaired) electrons. The van der Waals surface area contributed by atoms with Crippen LogP contribution >= 0.6 is 27.3 Å². The highest BCUT2D eigenvalue weighted by Crippen LogP contribution is 2.37. The van der Waals surface area contributed by atoms with Gasteiger partial charge >= 0.3 is 0 Å². The first-order valence-corrected chi connectivity index (χ1v) is 19.2. The number of rotatable bonds is 9. The third-order valence-electron chi connectivity index (χ3n) is 9.32. The monoisotopic (exact) mass is 790 g/mol. The molecule has 2 aromatic heterocycles. The highest BCUT2D eigenvalue weighted by molar-refractivity contribution is 9.10. The van der Waals surface area contributed by atoms with Crippen molar-refractivity contribution >= 4 is 44.9 Å². The summed E-state index contributed by atoms with van der Waals surface area (Å²) in [5.41, 5.74) is 7.99. The number of fused-ring (bicyclic) bond motifs is 1. The van der Waals surface area contributed by atoms with Crippen molar-refractivity contribution in [2.24, 2.45) is 4.99 Å². The number of ether oxygens (including phenoxy) is 1. The second-order valence-corrected chi connectivity index (χ2v) is 14.7. The summed E-state index contributed by atoms with van der Waals surface area (Å²) in [7, 11) is 0. The van der Waals surface area contributed by atoms with Gasteiger partial charge in [0.25, 0.3) is 11.5 Å². The number of carbonyl (C=O) groups excluding carboxylic acids is 1. The number of nitrogens with zero attached hydrogens (tertiary/aromatic N) is 3. The van der Waals surface area contributed by atoms with E-state index in [1.165, 1.54) is 11.3 Å². The number of hydrogen-bond acceptors (Lipinski definition) is 5. The van der Waals surface area contributed by atoms with Crippen molar-refractivity contribution in [3.05, 3.63) is 192 Å². The lowest BCUT2D eigenvalue weighted by atomic mass is 9.95. The quantitative estimate of drug-likeness (QED) is 0.159. The highest BCUT2D eigenvalue weighted by atomic mass is 79.9. The predicted molar refractivity (Wildman–Crippen MR) is 221 cm³/mol. The molecule has 0 spiro atoms. The minimum Gasteiger partial charge on any atom is -0.494 e. The maximum absolute atomic E-state index is 14.8. The van der Waals surface area contributed by atoms with Crippen LogP contribution in [0.25, 0.3) is 34.3 Å². The van der Waals surface area contributed by atoms with Crippen molar-refractivity contribution in [1.29, 1.82) is 0 Å². The van der Waals surface area contributed by atoms with Gasteiger partial charge in [-0.3, -0.25) is 14.2 Å². The summed E-state index contributed by atoms with van der Waals surface area (Å²) in [5.74, 6) is 0.392. The zero-order chi connectivity index (χ0) is 37.2. The third-order valence-corrected chi connectivity index (χ3v) is 10.8. The summed E-state index contributed by atoms with van der Waals surface area (Å²) in [5, 5.41) is 3.03. The van der Waals surface area contributed by atoms with Gasteiger partial charge < -0.3 is 14.6 Å². The van der Waals surface area contributed by atoms with Gasteiger partial charge in [0.05, 0.1) is 39.8 Å². The molecule has 3 heterocycles. The Labute approximate surface area is 325 Å². The van der Waals surface area contributed by atoms with Crippen LogP contribution in [-0.4, -0.2) is 21.6 Å². The minimum atomic E-state index is -0.719. The summed E-state index contributed by atoms with van der Waals surface area (Å²) < 4.78 is 11.1. The Morgan fingerprint density at radius 3 is 2.13 bits per heavy atom. The van der Waals surface area contributed by atoms with Gasteiger partial charge in [-0.25, -0.2) is 4.99 Å². The number of carbonyl (C=O) groups is 1. The van der Waals surface area contributed by atoms with E-state index in [-0.39, 0.29) is 11.5 Å². The lowest BCUT2D eigenvalue weighted by molar-refractivity contribution is -0.113. The van der Waals surface area contributed by atoms with Gasteiger partial charge in [-0.15, -0.1) is 0 Å². The summed E-state index contributed by atoms with van der Waals surface area (Å²) >= 11 is 4.92. The van der Waals surface area contributed by atoms with Crippen molar-refractivity contribution in [2.75, 3.05) is 11.9 Å². The van der Waals surface area contributed by atoms with Crippen LogP contribution in [0.5, 0.6) is 5.75 Å². The number of amides is 1. The van der Waals surface area contributed by atoms with Gasteiger partial charge in [0, 0.05) is 21.4 Å². The maximum Gasteiger partial charge on any atom is 0.271 e. The molecule has 0 fully saturated rings. The molecule has 9 heteroatoms. The fourth-order valence-corrected chi connectivity index (χ4v) is 8.21. The van der Waals surface area contributed by atoms with Crippen molar-refractivity contribution < 1.29 is 9.53 Å². The van der Waals surface area contributed by atoms with Gasteiger partial charge in [0.2, 0.25) is 0 Å². The molecule has 0 bridgehead atoms. The number of para-hydroxylation sites is 1. The first-order valence-electron chi connectivity index (χ1n) is 17.6. The third kappa shape index (κ3) is 6.79. The standard InChI is InChI=1S/C45H35BrN4O3S/c1-3-53-37-25-19-32(20-26-37)42-40(43(51)48-35-17-11-6-12-18-35)29(2)47-45-50(42)44(52)39(54-45)28-33-27-38(30-13-7-4-8-14-30)49(36-23-21-34(46)22-24-36)41(33)31-15-9-5-10-16-31/h4-28,42H,3H2,1-2H3,(H,48,51)/b39-28-/t42-/m0/s1. The maximum atomic E-state index is 14.8. The number of anilines is 1. The Balaban J connectivity index is 1.35. The van der Waals surface area contributed by atoms with Crippen molar-refractivity contribution in [3.63, 3.8) is 0 Å². The topological polar surface area (TPSA) is 77.6 Å². The first-order chi connectivity index (χ1) is 26.4. The van der Waals surface area contributed by atoms with E-state index in [0.29, 0.717) is 38.6 Å². The molecule has 1 amide bonds. The van der Waals surface area contributed by atoms with E-state index >= 15 is 0 Å². The number of hydrogen-bond donors (Lipinski definition) is 1. The SMILES string of the molecule is CCOc1ccc([C@H]2C(C(=O)Nc3ccccc3)=C(C)N=c3s/c(=C\c4cc(-c5ccccc5)n(-c5ccc(Br)cc5)c4-c4ccccc4)c(=O)n32)cc1. The van der Waals surface area contributed by atoms with Crippen molar-refractivity contribution in [1.82, 2.24) is 9.13 Å². The molecule has 5 aromatic carbocycles. The van der Waals surface area contributed by atoms with Gasteiger partial charge in [-0.05, 0) is 91.2 Å². The van der Waals surface area contributed by atoms with Crippen LogP contribution in [0.15, 0.2) is 171 Å². The van der Waals surface area contributed by atoms with E-state index in [4.69, 9.17) is 9.73 Å². The van der Waals surface area contributed by atoms with Crippen molar-refractivity contribution in [2.45, 2.75) is 19.9 Å². The van der Waals surface area contributed by atoms with Crippen LogP contribution in [0, 0.1) is 0 Å². The molecule has 1 atom stereocenters. The first kappa shape index (κ1) is 35.0. The molecule has 54 heavy (non-hydrogen) atoms. The fraction of sp³-hybridized carbons (Fsp3) is 0.0889. The number of nitrogens with one attached hydrogen (secondary N) is 1. The largest absolute Gasteiger partial charge is 0.494 e. The van der Waals surface area contributed by atoms with E-state index < -0.39 is 6.04 Å². The molecule has 7 nitrogen and oxygen atoms in total. The molecule has 0 unspecified atom stereocenters. The van der Waals surface area contributed by atoms with Gasteiger partial charge in [-0.2, -0.15) is 0 Å². The Bertz CT molecular complexity index is 2680. The molecule has 1 N–H and O–H groups in total. The number of thiazole rings is 1. The number of allylic oxidation sites excluding steroid dienone is 1. The van der Waals surface area contributed by atoms with Crippen LogP contribution in [0.3, 0.4) is 0 Å². The van der Waals surface area contributed by atoms with Crippen LogP contribution in [0.1, 0.15) is 31.0 Å². The van der Waals surface area contributed by atoms with E-state index in [0.717, 1.165) is 43.8 Å². The van der Waals surface area contributed by atoms with Crippen molar-refractivity contribution in [3.8, 4) is 34.0 Å². The lowest BCUT2D eigenvalue weighted by Crippen LogP contribution is -2.40. The second-order valence-electron chi connectivity index (χ2n) is 12.8. The predicted octanol–water partition coefficient (Wildman–Crippen LogP) is 9.16. The van der Waals surface area contributed by atoms with E-state index in [1.54, 1.807) is 4.57 Å². The Hall–Kier alpha value is -6.03. The highest BCUT2D eigenvalue weighted by Gasteiger charge is 2.33. The lowest BCUT2D eigenvalue weighted by Gasteiger charge is -2.25. The van der Waals surface area contributed by atoms with Crippen LogP contribution in [-0.2, 0) is 4.79 Å². The Kier molecular flexibility index (Phi) is 9.82. The van der Waals surface area contributed by atoms with E-state index in [9.17, 15) is 9.59 Å². The second kappa shape index (κ2) is 15.1. The average Bonchev–Trinajstić information content (AvgIpc) is 3.72. The number of aromatic nitrogens is 2. The minimum absolute atomic E-state index is 0.230. The van der Waals surface area contributed by atoms with Gasteiger partial charge in [0.15, 0.2) is 4.80 Å². The van der Waals surface area contributed by atoms with Gasteiger partial charge in [0.1, 0.15) is 5.75 Å². The van der Waals surface area contributed by atoms with Crippen LogP contribution in [0.2, 0.25) is 0 Å². The summed E-state index contributed by atoms with van der Waals surface area (Å²) in [6.07, 6.45) is 1.96. The van der Waals surface area contributed by atoms with Crippen LogP contribution < -0.4 is 24.9 Å². The Morgan fingerprint density at radius 2 is 1.48 bits per heavy atom. The zero-order valence-corrected chi connectivity index (χ0v) is 32.0. The number of halogens is 1. The molecule has 8 rings (SSSR count). The summed E-state index contributed by atoms with van der Waals surface area (Å²) in [4.78, 5) is 34.3. The normalized spacial score (nSPS) is 14.1. The molecule has 0 saturated carbocycles. The summed E-state index contributed by atoms with van der Waals surface area (Å²) in [6.45, 7) is 4.29. The zero-order valence-electron chi connectivity index (χ0n) is 29.6. The molecule has 0 aliphatic carbocycles. The molecule has 266 valence electrons. The molecular weight excluding hydrogens is 756 g/mol. The molecule has 0 saturated heterocycles. The molecule has 1 aliphatic rings. The molecule has 1 aliphatic heterocycles. The molecular formula is C45H35BrN4O3S. The molecule has 7 aromatic rings. The Morgan fingerprint density at radius 1 is 0.852 bits per heavy atom.